The van der Waals surface area contributed by atoms with E-state index in [9.17, 15) is 0 Å². The van der Waals surface area contributed by atoms with E-state index in [-0.39, 0.29) is 0 Å². The van der Waals surface area contributed by atoms with E-state index >= 15 is 0 Å². The number of hydrogen-bond acceptors (Lipinski definition) is 3. The predicted octanol–water partition coefficient (Wildman–Crippen LogP) is 4.13. The Bertz CT molecular complexity index is 382. The summed E-state index contributed by atoms with van der Waals surface area (Å²) in [6, 6.07) is 5.13. The fourth-order valence-corrected chi connectivity index (χ4v) is 4.05. The topological polar surface area (TPSA) is 15.3 Å². The number of hydrogen-bond donors (Lipinski definition) is 1. The molecular formula is C17H30N2S. The van der Waals surface area contributed by atoms with Gasteiger partial charge in [-0.25, -0.2) is 0 Å². The van der Waals surface area contributed by atoms with Crippen LogP contribution in [0.15, 0.2) is 17.5 Å². The summed E-state index contributed by atoms with van der Waals surface area (Å²) in [5.74, 6) is 0.767. The molecule has 1 aromatic rings. The van der Waals surface area contributed by atoms with E-state index < -0.39 is 0 Å². The van der Waals surface area contributed by atoms with Crippen LogP contribution in [-0.4, -0.2) is 29.6 Å². The minimum Gasteiger partial charge on any atom is -0.308 e. The van der Waals surface area contributed by atoms with Gasteiger partial charge in [-0.05, 0) is 36.6 Å². The maximum atomic E-state index is 3.86. The van der Waals surface area contributed by atoms with Gasteiger partial charge in [0.25, 0.3) is 0 Å². The van der Waals surface area contributed by atoms with Crippen LogP contribution in [0, 0.1) is 5.92 Å². The van der Waals surface area contributed by atoms with Crippen LogP contribution in [0.25, 0.3) is 0 Å². The second kappa shape index (κ2) is 7.06. The van der Waals surface area contributed by atoms with Crippen LogP contribution in [0.5, 0.6) is 0 Å². The second-order valence-corrected chi connectivity index (χ2v) is 7.67. The summed E-state index contributed by atoms with van der Waals surface area (Å²) in [4.78, 5) is 4.23. The van der Waals surface area contributed by atoms with Gasteiger partial charge in [-0.3, -0.25) is 4.90 Å². The lowest BCUT2D eigenvalue weighted by molar-refractivity contribution is 0.0569. The third kappa shape index (κ3) is 3.84. The second-order valence-electron chi connectivity index (χ2n) is 6.64. The molecule has 1 N–H and O–H groups in total. The van der Waals surface area contributed by atoms with Crippen molar-refractivity contribution in [1.29, 1.82) is 0 Å². The third-order valence-electron chi connectivity index (χ3n) is 4.77. The zero-order valence-electron chi connectivity index (χ0n) is 13.5. The van der Waals surface area contributed by atoms with Gasteiger partial charge in [0.2, 0.25) is 0 Å². The number of piperazine rings is 1. The first-order valence-corrected chi connectivity index (χ1v) is 8.98. The zero-order valence-corrected chi connectivity index (χ0v) is 14.3. The van der Waals surface area contributed by atoms with Crippen LogP contribution in [0.1, 0.15) is 51.8 Å². The molecule has 0 amide bonds. The van der Waals surface area contributed by atoms with Gasteiger partial charge >= 0.3 is 0 Å². The van der Waals surface area contributed by atoms with Gasteiger partial charge in [-0.2, -0.15) is 0 Å². The van der Waals surface area contributed by atoms with Gasteiger partial charge in [0.1, 0.15) is 0 Å². The zero-order chi connectivity index (χ0) is 14.6. The first-order chi connectivity index (χ1) is 9.58. The lowest BCUT2D eigenvalue weighted by Crippen LogP contribution is -2.63. The molecule has 2 rings (SSSR count). The number of nitrogens with zero attached hydrogens (tertiary/aromatic N) is 1. The summed E-state index contributed by atoms with van der Waals surface area (Å²) in [6.07, 6.45) is 3.74. The number of rotatable bonds is 6. The summed E-state index contributed by atoms with van der Waals surface area (Å²) in [6.45, 7) is 12.8. The van der Waals surface area contributed by atoms with Gasteiger partial charge in [-0.15, -0.1) is 11.3 Å². The highest BCUT2D eigenvalue weighted by molar-refractivity contribution is 7.09. The Morgan fingerprint density at radius 2 is 2.15 bits per heavy atom. The molecule has 1 saturated heterocycles. The SMILES string of the molecule is CCC1(CC)CN(Cc2cccs2)C(CC(C)C)CN1. The van der Waals surface area contributed by atoms with E-state index in [4.69, 9.17) is 0 Å². The fraction of sp³-hybridized carbons (Fsp3) is 0.765. The summed E-state index contributed by atoms with van der Waals surface area (Å²) >= 11 is 1.89. The van der Waals surface area contributed by atoms with Crippen LogP contribution >= 0.6 is 11.3 Å². The summed E-state index contributed by atoms with van der Waals surface area (Å²) < 4.78 is 0. The van der Waals surface area contributed by atoms with Crippen molar-refractivity contribution in [3.63, 3.8) is 0 Å². The van der Waals surface area contributed by atoms with Gasteiger partial charge in [0.15, 0.2) is 0 Å². The van der Waals surface area contributed by atoms with Crippen molar-refractivity contribution in [2.75, 3.05) is 13.1 Å². The highest BCUT2D eigenvalue weighted by atomic mass is 32.1. The fourth-order valence-electron chi connectivity index (χ4n) is 3.33. The molecule has 0 radical (unpaired) electrons. The Kier molecular flexibility index (Phi) is 5.65. The molecular weight excluding hydrogens is 264 g/mol. The van der Waals surface area contributed by atoms with Gasteiger partial charge < -0.3 is 5.32 Å². The first-order valence-electron chi connectivity index (χ1n) is 8.10. The Hall–Kier alpha value is -0.380. The van der Waals surface area contributed by atoms with Crippen molar-refractivity contribution < 1.29 is 0 Å². The standard InChI is InChI=1S/C17H30N2S/c1-5-17(6-2)13-19(12-16-8-7-9-20-16)15(11-18-17)10-14(3)4/h7-9,14-15,18H,5-6,10-13H2,1-4H3. The predicted molar refractivity (Wildman–Crippen MR) is 89.3 cm³/mol. The van der Waals surface area contributed by atoms with Crippen LogP contribution in [-0.2, 0) is 6.54 Å². The number of nitrogens with one attached hydrogen (secondary N) is 1. The molecule has 1 unspecified atom stereocenters. The van der Waals surface area contributed by atoms with Gasteiger partial charge in [0, 0.05) is 36.1 Å². The molecule has 20 heavy (non-hydrogen) atoms. The Balaban J connectivity index is 2.09. The molecule has 114 valence electrons. The molecule has 0 aliphatic carbocycles. The maximum absolute atomic E-state index is 3.86. The van der Waals surface area contributed by atoms with Crippen LogP contribution < -0.4 is 5.32 Å². The Morgan fingerprint density at radius 3 is 2.70 bits per heavy atom. The van der Waals surface area contributed by atoms with Gasteiger partial charge in [0.05, 0.1) is 0 Å². The Labute approximate surface area is 128 Å². The minimum absolute atomic E-state index is 0.324. The number of thiophene rings is 1. The lowest BCUT2D eigenvalue weighted by atomic mass is 9.87. The van der Waals surface area contributed by atoms with Crippen molar-refractivity contribution in [3.8, 4) is 0 Å². The van der Waals surface area contributed by atoms with E-state index in [1.807, 2.05) is 11.3 Å². The van der Waals surface area contributed by atoms with Gasteiger partial charge in [-0.1, -0.05) is 33.8 Å². The van der Waals surface area contributed by atoms with Crippen molar-refractivity contribution in [1.82, 2.24) is 10.2 Å². The molecule has 1 aliphatic heterocycles. The van der Waals surface area contributed by atoms with Crippen molar-refractivity contribution in [2.45, 2.75) is 65.1 Å². The molecule has 2 heterocycles. The van der Waals surface area contributed by atoms with Crippen LogP contribution in [0.4, 0.5) is 0 Å². The van der Waals surface area contributed by atoms with Crippen molar-refractivity contribution in [2.24, 2.45) is 5.92 Å². The molecule has 0 saturated carbocycles. The highest BCUT2D eigenvalue weighted by Gasteiger charge is 2.36. The largest absolute Gasteiger partial charge is 0.308 e. The van der Waals surface area contributed by atoms with E-state index in [0.29, 0.717) is 11.6 Å². The molecule has 0 bridgehead atoms. The van der Waals surface area contributed by atoms with E-state index in [2.05, 4.69) is 55.4 Å². The lowest BCUT2D eigenvalue weighted by Gasteiger charge is -2.48. The van der Waals surface area contributed by atoms with E-state index in [1.54, 1.807) is 0 Å². The molecule has 0 spiro atoms. The molecule has 2 nitrogen and oxygen atoms in total. The normalized spacial score (nSPS) is 23.4. The highest BCUT2D eigenvalue weighted by Crippen LogP contribution is 2.27. The monoisotopic (exact) mass is 294 g/mol. The van der Waals surface area contributed by atoms with Crippen molar-refractivity contribution >= 4 is 11.3 Å². The third-order valence-corrected chi connectivity index (χ3v) is 5.63. The Morgan fingerprint density at radius 1 is 1.40 bits per heavy atom. The van der Waals surface area contributed by atoms with Crippen LogP contribution in [0.2, 0.25) is 0 Å². The molecule has 0 aromatic carbocycles. The van der Waals surface area contributed by atoms with Crippen LogP contribution in [0.3, 0.4) is 0 Å². The smallest absolute Gasteiger partial charge is 0.0332 e. The molecule has 1 fully saturated rings. The molecule has 1 atom stereocenters. The summed E-state index contributed by atoms with van der Waals surface area (Å²) in [7, 11) is 0. The summed E-state index contributed by atoms with van der Waals surface area (Å²) in [5, 5.41) is 6.06. The first kappa shape index (κ1) is 16.0. The summed E-state index contributed by atoms with van der Waals surface area (Å²) in [5.41, 5.74) is 0.324. The quantitative estimate of drug-likeness (QED) is 0.849. The molecule has 3 heteroatoms. The molecule has 1 aliphatic rings. The van der Waals surface area contributed by atoms with E-state index in [0.717, 1.165) is 19.0 Å². The average Bonchev–Trinajstić information content (AvgIpc) is 2.93. The molecule has 1 aromatic heterocycles. The van der Waals surface area contributed by atoms with Crippen molar-refractivity contribution in [3.05, 3.63) is 22.4 Å². The van der Waals surface area contributed by atoms with E-state index in [1.165, 1.54) is 30.7 Å². The maximum Gasteiger partial charge on any atom is 0.0332 e. The average molecular weight is 295 g/mol. The minimum atomic E-state index is 0.324.